The first-order chi connectivity index (χ1) is 8.81. The standard InChI is InChI=1S/C14H16ClN3/c1-2-5-10-6-3-4-7-12(10)18-13(11-8-9-11)16-17-14(18)15/h3-4,6-7,11H,2,5,8-9H2,1H3. The summed E-state index contributed by atoms with van der Waals surface area (Å²) < 4.78 is 2.02. The predicted molar refractivity (Wildman–Crippen MR) is 72.3 cm³/mol. The highest BCUT2D eigenvalue weighted by atomic mass is 35.5. The van der Waals surface area contributed by atoms with Crippen LogP contribution in [0.25, 0.3) is 5.69 Å². The van der Waals surface area contributed by atoms with Crippen LogP contribution in [-0.2, 0) is 6.42 Å². The zero-order valence-corrected chi connectivity index (χ0v) is 11.2. The van der Waals surface area contributed by atoms with Gasteiger partial charge in [-0.15, -0.1) is 10.2 Å². The van der Waals surface area contributed by atoms with Crippen molar-refractivity contribution in [1.29, 1.82) is 0 Å². The van der Waals surface area contributed by atoms with Gasteiger partial charge >= 0.3 is 0 Å². The van der Waals surface area contributed by atoms with E-state index in [9.17, 15) is 0 Å². The highest BCUT2D eigenvalue weighted by Gasteiger charge is 2.30. The van der Waals surface area contributed by atoms with Gasteiger partial charge in [0, 0.05) is 5.92 Å². The Bertz CT molecular complexity index is 558. The van der Waals surface area contributed by atoms with Gasteiger partial charge in [-0.3, -0.25) is 4.57 Å². The number of aryl methyl sites for hydroxylation is 1. The van der Waals surface area contributed by atoms with E-state index < -0.39 is 0 Å². The molecule has 1 fully saturated rings. The third-order valence-electron chi connectivity index (χ3n) is 3.34. The lowest BCUT2D eigenvalue weighted by atomic mass is 10.1. The van der Waals surface area contributed by atoms with Crippen molar-refractivity contribution >= 4 is 11.6 Å². The molecule has 0 spiro atoms. The first-order valence-electron chi connectivity index (χ1n) is 6.50. The van der Waals surface area contributed by atoms with Gasteiger partial charge in [-0.2, -0.15) is 0 Å². The van der Waals surface area contributed by atoms with Crippen molar-refractivity contribution in [3.63, 3.8) is 0 Å². The van der Waals surface area contributed by atoms with Gasteiger partial charge in [0.15, 0.2) is 0 Å². The molecule has 0 saturated heterocycles. The van der Waals surface area contributed by atoms with Gasteiger partial charge in [0.05, 0.1) is 5.69 Å². The summed E-state index contributed by atoms with van der Waals surface area (Å²) in [7, 11) is 0. The van der Waals surface area contributed by atoms with Crippen LogP contribution >= 0.6 is 11.6 Å². The molecule has 1 aromatic heterocycles. The summed E-state index contributed by atoms with van der Waals surface area (Å²) in [5.41, 5.74) is 2.44. The van der Waals surface area contributed by atoms with Crippen LogP contribution in [0.3, 0.4) is 0 Å². The molecule has 0 radical (unpaired) electrons. The second-order valence-electron chi connectivity index (χ2n) is 4.82. The molecule has 1 aromatic carbocycles. The number of benzene rings is 1. The fourth-order valence-electron chi connectivity index (χ4n) is 2.31. The molecule has 18 heavy (non-hydrogen) atoms. The van der Waals surface area contributed by atoms with Crippen LogP contribution in [-0.4, -0.2) is 14.8 Å². The largest absolute Gasteiger partial charge is 0.269 e. The number of hydrogen-bond acceptors (Lipinski definition) is 2. The van der Waals surface area contributed by atoms with Crippen LogP contribution in [0.4, 0.5) is 0 Å². The van der Waals surface area contributed by atoms with E-state index in [-0.39, 0.29) is 0 Å². The van der Waals surface area contributed by atoms with Crippen molar-refractivity contribution in [2.24, 2.45) is 0 Å². The topological polar surface area (TPSA) is 30.7 Å². The Labute approximate surface area is 112 Å². The van der Waals surface area contributed by atoms with E-state index in [1.165, 1.54) is 18.4 Å². The first-order valence-corrected chi connectivity index (χ1v) is 6.88. The quantitative estimate of drug-likeness (QED) is 0.839. The lowest BCUT2D eigenvalue weighted by molar-refractivity contribution is 0.846. The maximum absolute atomic E-state index is 6.21. The molecule has 2 aromatic rings. The average Bonchev–Trinajstić information content (AvgIpc) is 3.15. The fraction of sp³-hybridized carbons (Fsp3) is 0.429. The number of halogens is 1. The highest BCUT2D eigenvalue weighted by Crippen LogP contribution is 2.41. The van der Waals surface area contributed by atoms with E-state index in [1.54, 1.807) is 0 Å². The van der Waals surface area contributed by atoms with Crippen LogP contribution in [0.1, 0.15) is 43.5 Å². The summed E-state index contributed by atoms with van der Waals surface area (Å²) in [5, 5.41) is 8.74. The molecule has 0 atom stereocenters. The third kappa shape index (κ3) is 2.03. The van der Waals surface area contributed by atoms with Crippen molar-refractivity contribution in [3.8, 4) is 5.69 Å². The zero-order valence-electron chi connectivity index (χ0n) is 10.4. The molecule has 0 N–H and O–H groups in total. The molecule has 1 saturated carbocycles. The summed E-state index contributed by atoms with van der Waals surface area (Å²) in [6.45, 7) is 2.19. The molecular formula is C14H16ClN3. The van der Waals surface area contributed by atoms with Crippen molar-refractivity contribution in [2.75, 3.05) is 0 Å². The van der Waals surface area contributed by atoms with Crippen molar-refractivity contribution in [2.45, 2.75) is 38.5 Å². The van der Waals surface area contributed by atoms with Gasteiger partial charge in [0.25, 0.3) is 0 Å². The molecule has 0 amide bonds. The Morgan fingerprint density at radius 2 is 2.06 bits per heavy atom. The van der Waals surface area contributed by atoms with E-state index in [2.05, 4.69) is 35.3 Å². The zero-order chi connectivity index (χ0) is 12.5. The summed E-state index contributed by atoms with van der Waals surface area (Å²) in [6, 6.07) is 8.38. The summed E-state index contributed by atoms with van der Waals surface area (Å²) in [4.78, 5) is 0. The van der Waals surface area contributed by atoms with E-state index in [1.807, 2.05) is 10.6 Å². The van der Waals surface area contributed by atoms with E-state index in [0.29, 0.717) is 11.2 Å². The molecule has 94 valence electrons. The third-order valence-corrected chi connectivity index (χ3v) is 3.59. The van der Waals surface area contributed by atoms with Gasteiger partial charge < -0.3 is 0 Å². The number of nitrogens with zero attached hydrogens (tertiary/aromatic N) is 3. The molecular weight excluding hydrogens is 246 g/mol. The van der Waals surface area contributed by atoms with Gasteiger partial charge in [0.2, 0.25) is 5.28 Å². The van der Waals surface area contributed by atoms with Crippen molar-refractivity contribution < 1.29 is 0 Å². The molecule has 1 heterocycles. The minimum absolute atomic E-state index is 0.473. The second-order valence-corrected chi connectivity index (χ2v) is 5.15. The van der Waals surface area contributed by atoms with Crippen molar-refractivity contribution in [1.82, 2.24) is 14.8 Å². The first kappa shape index (κ1) is 11.7. The number of hydrogen-bond donors (Lipinski definition) is 0. The van der Waals surface area contributed by atoms with Gasteiger partial charge in [-0.25, -0.2) is 0 Å². The van der Waals surface area contributed by atoms with Crippen LogP contribution in [0.2, 0.25) is 5.28 Å². The molecule has 3 nitrogen and oxygen atoms in total. The summed E-state index contributed by atoms with van der Waals surface area (Å²) >= 11 is 6.21. The molecule has 0 unspecified atom stereocenters. The molecule has 3 rings (SSSR count). The predicted octanol–water partition coefficient (Wildman–Crippen LogP) is 3.75. The van der Waals surface area contributed by atoms with Crippen LogP contribution in [0.5, 0.6) is 0 Å². The Hall–Kier alpha value is -1.35. The fourth-order valence-corrected chi connectivity index (χ4v) is 2.53. The van der Waals surface area contributed by atoms with Gasteiger partial charge in [-0.05, 0) is 42.5 Å². The minimum atomic E-state index is 0.473. The van der Waals surface area contributed by atoms with Gasteiger partial charge in [-0.1, -0.05) is 31.5 Å². The summed E-state index contributed by atoms with van der Waals surface area (Å²) in [5.74, 6) is 1.56. The smallest absolute Gasteiger partial charge is 0.229 e. The molecule has 1 aliphatic rings. The molecule has 4 heteroatoms. The molecule has 0 aliphatic heterocycles. The van der Waals surface area contributed by atoms with Crippen LogP contribution in [0, 0.1) is 0 Å². The Balaban J connectivity index is 2.11. The maximum Gasteiger partial charge on any atom is 0.229 e. The second kappa shape index (κ2) is 4.73. The minimum Gasteiger partial charge on any atom is -0.269 e. The van der Waals surface area contributed by atoms with E-state index >= 15 is 0 Å². The van der Waals surface area contributed by atoms with Crippen molar-refractivity contribution in [3.05, 3.63) is 40.9 Å². The normalized spacial score (nSPS) is 15.0. The summed E-state index contributed by atoms with van der Waals surface area (Å²) in [6.07, 6.45) is 4.57. The highest BCUT2D eigenvalue weighted by molar-refractivity contribution is 6.28. The Morgan fingerprint density at radius 1 is 1.28 bits per heavy atom. The number of para-hydroxylation sites is 1. The lowest BCUT2D eigenvalue weighted by Gasteiger charge is -2.12. The number of aromatic nitrogens is 3. The molecule has 1 aliphatic carbocycles. The Morgan fingerprint density at radius 3 is 2.78 bits per heavy atom. The SMILES string of the molecule is CCCc1ccccc1-n1c(Cl)nnc1C1CC1. The van der Waals surface area contributed by atoms with Crippen LogP contribution < -0.4 is 0 Å². The van der Waals surface area contributed by atoms with E-state index in [4.69, 9.17) is 11.6 Å². The lowest BCUT2D eigenvalue weighted by Crippen LogP contribution is -2.04. The van der Waals surface area contributed by atoms with Crippen LogP contribution in [0.15, 0.2) is 24.3 Å². The average molecular weight is 262 g/mol. The maximum atomic E-state index is 6.21. The van der Waals surface area contributed by atoms with E-state index in [0.717, 1.165) is 24.4 Å². The Kier molecular flexibility index (Phi) is 3.08. The van der Waals surface area contributed by atoms with Gasteiger partial charge in [0.1, 0.15) is 5.82 Å². The number of rotatable bonds is 4. The monoisotopic (exact) mass is 261 g/mol. The molecule has 0 bridgehead atoms.